The number of fused-ring (bicyclic) bond motifs is 1. The highest BCUT2D eigenvalue weighted by Gasteiger charge is 2.23. The third-order valence-electron chi connectivity index (χ3n) is 6.54. The van der Waals surface area contributed by atoms with Crippen molar-refractivity contribution in [3.05, 3.63) is 34.6 Å². The van der Waals surface area contributed by atoms with E-state index in [-0.39, 0.29) is 18.6 Å². The predicted molar refractivity (Wildman–Crippen MR) is 128 cm³/mol. The molecule has 8 nitrogen and oxygen atoms in total. The smallest absolute Gasteiger partial charge is 0.244 e. The van der Waals surface area contributed by atoms with E-state index in [1.807, 2.05) is 12.1 Å². The number of likely N-dealkylation sites (tertiary alicyclic amines) is 1. The molecule has 1 aromatic carbocycles. The Hall–Kier alpha value is -2.42. The molecule has 0 atom stereocenters. The van der Waals surface area contributed by atoms with Crippen LogP contribution in [0.15, 0.2) is 24.5 Å². The first-order valence-electron chi connectivity index (χ1n) is 11.4. The minimum Gasteiger partial charge on any atom is -0.393 e. The summed E-state index contributed by atoms with van der Waals surface area (Å²) in [6.07, 6.45) is 9.04. The Balaban J connectivity index is 1.42. The standard InChI is InChI=1S/C23H26Cl2N6O2/c24-19-9-17-18(10-20(19)25)23(27-15-3-1-2-4-15)29-28-22(17)14-11-26-31(12-14)13-21(33)30-7-5-16(32)6-8-30/h9-12,15-16,32H,1-8,13H2,(H,27,29). The van der Waals surface area contributed by atoms with Crippen LogP contribution in [0.4, 0.5) is 5.82 Å². The number of hydrogen-bond donors (Lipinski definition) is 2. The van der Waals surface area contributed by atoms with Crippen molar-refractivity contribution in [2.24, 2.45) is 0 Å². The molecular formula is C23H26Cl2N6O2. The lowest BCUT2D eigenvalue weighted by Crippen LogP contribution is -2.41. The second-order valence-corrected chi connectivity index (χ2v) is 9.69. The average molecular weight is 489 g/mol. The number of carbonyl (C=O) groups is 1. The Morgan fingerprint density at radius 3 is 2.48 bits per heavy atom. The summed E-state index contributed by atoms with van der Waals surface area (Å²) < 4.78 is 1.61. The van der Waals surface area contributed by atoms with Crippen LogP contribution in [0.5, 0.6) is 0 Å². The number of halogens is 2. The van der Waals surface area contributed by atoms with Crippen molar-refractivity contribution < 1.29 is 9.90 Å². The fourth-order valence-electron chi connectivity index (χ4n) is 4.66. The van der Waals surface area contributed by atoms with Gasteiger partial charge in [0, 0.05) is 41.7 Å². The molecule has 3 heterocycles. The average Bonchev–Trinajstić information content (AvgIpc) is 3.48. The van der Waals surface area contributed by atoms with E-state index in [1.54, 1.807) is 22.0 Å². The fraction of sp³-hybridized carbons (Fsp3) is 0.478. The van der Waals surface area contributed by atoms with Crippen molar-refractivity contribution in [3.63, 3.8) is 0 Å². The molecule has 0 radical (unpaired) electrons. The van der Waals surface area contributed by atoms with E-state index >= 15 is 0 Å². The molecule has 33 heavy (non-hydrogen) atoms. The molecule has 1 saturated heterocycles. The van der Waals surface area contributed by atoms with E-state index in [2.05, 4.69) is 20.6 Å². The molecule has 0 unspecified atom stereocenters. The number of rotatable bonds is 5. The van der Waals surface area contributed by atoms with Crippen LogP contribution in [0.1, 0.15) is 38.5 Å². The zero-order valence-corrected chi connectivity index (χ0v) is 19.7. The summed E-state index contributed by atoms with van der Waals surface area (Å²) in [5, 5.41) is 29.1. The van der Waals surface area contributed by atoms with Gasteiger partial charge in [0.05, 0.1) is 22.3 Å². The number of piperidine rings is 1. The van der Waals surface area contributed by atoms with Crippen molar-refractivity contribution in [3.8, 4) is 11.3 Å². The highest BCUT2D eigenvalue weighted by Crippen LogP contribution is 2.36. The first-order valence-corrected chi connectivity index (χ1v) is 12.1. The number of aromatic nitrogens is 4. The van der Waals surface area contributed by atoms with Crippen LogP contribution in [0.25, 0.3) is 22.0 Å². The van der Waals surface area contributed by atoms with Gasteiger partial charge in [0.25, 0.3) is 0 Å². The molecule has 1 aliphatic carbocycles. The van der Waals surface area contributed by atoms with Crippen LogP contribution >= 0.6 is 23.2 Å². The van der Waals surface area contributed by atoms with Crippen LogP contribution in [0.3, 0.4) is 0 Å². The highest BCUT2D eigenvalue weighted by molar-refractivity contribution is 6.43. The minimum absolute atomic E-state index is 0.0153. The molecule has 3 aromatic rings. The molecule has 2 N–H and O–H groups in total. The number of aliphatic hydroxyl groups excluding tert-OH is 1. The quantitative estimate of drug-likeness (QED) is 0.560. The van der Waals surface area contributed by atoms with Gasteiger partial charge in [0.15, 0.2) is 5.82 Å². The molecule has 0 bridgehead atoms. The molecule has 10 heteroatoms. The van der Waals surface area contributed by atoms with Crippen molar-refractivity contribution in [1.29, 1.82) is 0 Å². The Morgan fingerprint density at radius 1 is 1.06 bits per heavy atom. The minimum atomic E-state index is -0.316. The van der Waals surface area contributed by atoms with Crippen molar-refractivity contribution >= 4 is 45.7 Å². The van der Waals surface area contributed by atoms with E-state index < -0.39 is 0 Å². The molecule has 5 rings (SSSR count). The second kappa shape index (κ2) is 9.44. The maximum atomic E-state index is 12.6. The molecule has 2 aromatic heterocycles. The lowest BCUT2D eigenvalue weighted by molar-refractivity contribution is -0.134. The Labute approximate surface area is 201 Å². The number of hydrogen-bond acceptors (Lipinski definition) is 6. The number of anilines is 1. The first-order chi connectivity index (χ1) is 16.0. The predicted octanol–water partition coefficient (Wildman–Crippen LogP) is 4.14. The molecular weight excluding hydrogens is 463 g/mol. The van der Waals surface area contributed by atoms with Gasteiger partial charge in [0.1, 0.15) is 12.2 Å². The maximum absolute atomic E-state index is 12.6. The van der Waals surface area contributed by atoms with Crippen LogP contribution in [-0.2, 0) is 11.3 Å². The van der Waals surface area contributed by atoms with Gasteiger partial charge >= 0.3 is 0 Å². The lowest BCUT2D eigenvalue weighted by Gasteiger charge is -2.29. The van der Waals surface area contributed by atoms with Crippen molar-refractivity contribution in [2.45, 2.75) is 57.2 Å². The maximum Gasteiger partial charge on any atom is 0.244 e. The molecule has 174 valence electrons. The number of nitrogens with zero attached hydrogens (tertiary/aromatic N) is 5. The Morgan fingerprint density at radius 2 is 1.76 bits per heavy atom. The van der Waals surface area contributed by atoms with Gasteiger partial charge in [0.2, 0.25) is 5.91 Å². The van der Waals surface area contributed by atoms with Crippen LogP contribution in [-0.4, -0.2) is 61.1 Å². The summed E-state index contributed by atoms with van der Waals surface area (Å²) in [5.74, 6) is 0.688. The molecule has 2 fully saturated rings. The van der Waals surface area contributed by atoms with Gasteiger partial charge < -0.3 is 15.3 Å². The summed E-state index contributed by atoms with van der Waals surface area (Å²) in [5.41, 5.74) is 1.39. The molecule has 1 aliphatic heterocycles. The summed E-state index contributed by atoms with van der Waals surface area (Å²) in [7, 11) is 0. The van der Waals surface area contributed by atoms with E-state index in [0.29, 0.717) is 53.5 Å². The summed E-state index contributed by atoms with van der Waals surface area (Å²) in [4.78, 5) is 14.4. The summed E-state index contributed by atoms with van der Waals surface area (Å²) >= 11 is 12.7. The highest BCUT2D eigenvalue weighted by atomic mass is 35.5. The van der Waals surface area contributed by atoms with E-state index in [4.69, 9.17) is 23.2 Å². The van der Waals surface area contributed by atoms with E-state index in [1.165, 1.54) is 12.8 Å². The van der Waals surface area contributed by atoms with Gasteiger partial charge in [-0.1, -0.05) is 36.0 Å². The summed E-state index contributed by atoms with van der Waals surface area (Å²) in [6.45, 7) is 1.27. The zero-order valence-electron chi connectivity index (χ0n) is 18.2. The number of nitrogens with one attached hydrogen (secondary N) is 1. The lowest BCUT2D eigenvalue weighted by atomic mass is 10.1. The first kappa shape index (κ1) is 22.4. The van der Waals surface area contributed by atoms with Crippen LogP contribution in [0.2, 0.25) is 10.0 Å². The fourth-order valence-corrected chi connectivity index (χ4v) is 4.98. The van der Waals surface area contributed by atoms with Crippen molar-refractivity contribution in [2.75, 3.05) is 18.4 Å². The molecule has 1 saturated carbocycles. The topological polar surface area (TPSA) is 96.2 Å². The van der Waals surface area contributed by atoms with Gasteiger partial charge in [-0.2, -0.15) is 5.10 Å². The van der Waals surface area contributed by atoms with Gasteiger partial charge in [-0.3, -0.25) is 9.48 Å². The monoisotopic (exact) mass is 488 g/mol. The van der Waals surface area contributed by atoms with Crippen LogP contribution < -0.4 is 5.32 Å². The Kier molecular flexibility index (Phi) is 6.40. The Bertz CT molecular complexity index is 1170. The van der Waals surface area contributed by atoms with E-state index in [9.17, 15) is 9.90 Å². The molecule has 0 spiro atoms. The number of benzene rings is 1. The summed E-state index contributed by atoms with van der Waals surface area (Å²) in [6, 6.07) is 4.02. The molecule has 1 amide bonds. The third kappa shape index (κ3) is 4.78. The SMILES string of the molecule is O=C(Cn1cc(-c2nnc(NC3CCCC3)c3cc(Cl)c(Cl)cc23)cn1)N1CCC(O)CC1. The van der Waals surface area contributed by atoms with Gasteiger partial charge in [-0.05, 0) is 37.8 Å². The zero-order chi connectivity index (χ0) is 22.9. The number of aliphatic hydroxyl groups is 1. The normalized spacial score (nSPS) is 17.7. The van der Waals surface area contributed by atoms with Crippen molar-refractivity contribution in [1.82, 2.24) is 24.9 Å². The molecule has 2 aliphatic rings. The largest absolute Gasteiger partial charge is 0.393 e. The van der Waals surface area contributed by atoms with Gasteiger partial charge in [-0.25, -0.2) is 0 Å². The van der Waals surface area contributed by atoms with Gasteiger partial charge in [-0.15, -0.1) is 10.2 Å². The number of carbonyl (C=O) groups excluding carboxylic acids is 1. The van der Waals surface area contributed by atoms with E-state index in [0.717, 1.165) is 29.2 Å². The second-order valence-electron chi connectivity index (χ2n) is 8.87. The third-order valence-corrected chi connectivity index (χ3v) is 7.26. The van der Waals surface area contributed by atoms with Crippen LogP contribution in [0, 0.1) is 0 Å². The number of amides is 1.